The van der Waals surface area contributed by atoms with Crippen LogP contribution in [-0.2, 0) is 0 Å². The van der Waals surface area contributed by atoms with Gasteiger partial charge < -0.3 is 0 Å². The molecule has 1 unspecified atom stereocenters. The minimum absolute atomic E-state index is 0.747. The zero-order valence-corrected chi connectivity index (χ0v) is 9.95. The molecule has 0 aliphatic rings. The number of hydrogen-bond acceptors (Lipinski definition) is 0. The van der Waals surface area contributed by atoms with Crippen LogP contribution >= 0.6 is 0 Å². The molecule has 15 heavy (non-hydrogen) atoms. The minimum Gasteiger partial charge on any atom is -0.0917 e. The molecule has 1 atom stereocenters. The van der Waals surface area contributed by atoms with Crippen LogP contribution in [0.15, 0.2) is 42.5 Å². The van der Waals surface area contributed by atoms with E-state index in [0.29, 0.717) is 0 Å². The van der Waals surface area contributed by atoms with Gasteiger partial charge in [-0.1, -0.05) is 49.4 Å². The van der Waals surface area contributed by atoms with E-state index in [0.717, 1.165) is 5.92 Å². The first-order valence-electron chi connectivity index (χ1n) is 6.04. The van der Waals surface area contributed by atoms with E-state index < -0.39 is 0 Å². The van der Waals surface area contributed by atoms with Crippen LogP contribution in [0.1, 0.15) is 51.0 Å². The summed E-state index contributed by atoms with van der Waals surface area (Å²) in [5.74, 6) is 0.747. The van der Waals surface area contributed by atoms with E-state index in [1.54, 1.807) is 0 Å². The lowest BCUT2D eigenvalue weighted by Crippen LogP contribution is -1.96. The van der Waals surface area contributed by atoms with Gasteiger partial charge >= 0.3 is 0 Å². The highest BCUT2D eigenvalue weighted by Crippen LogP contribution is 2.24. The lowest BCUT2D eigenvalue weighted by atomic mass is 9.91. The Bertz CT molecular complexity index is 271. The maximum atomic E-state index is 2.29. The number of benzene rings is 1. The molecule has 0 aliphatic carbocycles. The molecule has 1 aromatic rings. The SMILES string of the molecule is CC=CCCCC(CC)c1ccccc1. The van der Waals surface area contributed by atoms with Crippen LogP contribution in [0.3, 0.4) is 0 Å². The Morgan fingerprint density at radius 3 is 2.53 bits per heavy atom. The Kier molecular flexibility index (Phi) is 5.84. The van der Waals surface area contributed by atoms with Crippen LogP contribution in [-0.4, -0.2) is 0 Å². The van der Waals surface area contributed by atoms with Crippen LogP contribution in [0, 0.1) is 0 Å². The summed E-state index contributed by atoms with van der Waals surface area (Å²) in [4.78, 5) is 0. The average Bonchev–Trinajstić information content (AvgIpc) is 2.30. The number of allylic oxidation sites excluding steroid dienone is 2. The highest BCUT2D eigenvalue weighted by Gasteiger charge is 2.07. The summed E-state index contributed by atoms with van der Waals surface area (Å²) < 4.78 is 0. The van der Waals surface area contributed by atoms with Crippen molar-refractivity contribution < 1.29 is 0 Å². The van der Waals surface area contributed by atoms with Crippen LogP contribution < -0.4 is 0 Å². The summed E-state index contributed by atoms with van der Waals surface area (Å²) >= 11 is 0. The van der Waals surface area contributed by atoms with Crippen molar-refractivity contribution in [3.05, 3.63) is 48.0 Å². The first-order valence-corrected chi connectivity index (χ1v) is 6.04. The second-order valence-electron chi connectivity index (χ2n) is 4.02. The van der Waals surface area contributed by atoms with Gasteiger partial charge in [-0.15, -0.1) is 0 Å². The molecule has 0 saturated carbocycles. The van der Waals surface area contributed by atoms with Crippen molar-refractivity contribution in [1.82, 2.24) is 0 Å². The highest BCUT2D eigenvalue weighted by atomic mass is 14.1. The van der Waals surface area contributed by atoms with Gasteiger partial charge in [0.1, 0.15) is 0 Å². The van der Waals surface area contributed by atoms with Gasteiger partial charge in [0.05, 0.1) is 0 Å². The van der Waals surface area contributed by atoms with Crippen molar-refractivity contribution >= 4 is 0 Å². The molecule has 0 saturated heterocycles. The van der Waals surface area contributed by atoms with Crippen LogP contribution in [0.4, 0.5) is 0 Å². The predicted molar refractivity (Wildman–Crippen MR) is 68.1 cm³/mol. The molecule has 0 bridgehead atoms. The number of hydrogen-bond donors (Lipinski definition) is 0. The van der Waals surface area contributed by atoms with E-state index in [9.17, 15) is 0 Å². The predicted octanol–water partition coefficient (Wildman–Crippen LogP) is 4.93. The van der Waals surface area contributed by atoms with Crippen molar-refractivity contribution in [2.75, 3.05) is 0 Å². The van der Waals surface area contributed by atoms with E-state index in [4.69, 9.17) is 0 Å². The molecular formula is C15H22. The van der Waals surface area contributed by atoms with Gasteiger partial charge in [-0.3, -0.25) is 0 Å². The molecule has 0 fully saturated rings. The normalized spacial score (nSPS) is 13.2. The number of rotatable bonds is 6. The van der Waals surface area contributed by atoms with E-state index in [2.05, 4.69) is 56.3 Å². The Morgan fingerprint density at radius 2 is 1.93 bits per heavy atom. The van der Waals surface area contributed by atoms with Crippen molar-refractivity contribution in [2.24, 2.45) is 0 Å². The van der Waals surface area contributed by atoms with Crippen molar-refractivity contribution in [3.63, 3.8) is 0 Å². The van der Waals surface area contributed by atoms with Gasteiger partial charge in [0.15, 0.2) is 0 Å². The fourth-order valence-electron chi connectivity index (χ4n) is 1.98. The summed E-state index contributed by atoms with van der Waals surface area (Å²) in [5, 5.41) is 0. The first-order chi connectivity index (χ1) is 7.38. The zero-order chi connectivity index (χ0) is 10.9. The molecule has 0 N–H and O–H groups in total. The van der Waals surface area contributed by atoms with Crippen molar-refractivity contribution in [1.29, 1.82) is 0 Å². The van der Waals surface area contributed by atoms with E-state index in [-0.39, 0.29) is 0 Å². The lowest BCUT2D eigenvalue weighted by molar-refractivity contribution is 0.580. The quantitative estimate of drug-likeness (QED) is 0.453. The average molecular weight is 202 g/mol. The third-order valence-electron chi connectivity index (χ3n) is 2.92. The summed E-state index contributed by atoms with van der Waals surface area (Å²) in [6.07, 6.45) is 9.49. The molecule has 1 rings (SSSR count). The minimum atomic E-state index is 0.747. The Labute approximate surface area is 94.0 Å². The molecule has 0 nitrogen and oxygen atoms in total. The van der Waals surface area contributed by atoms with Gasteiger partial charge in [-0.05, 0) is 44.1 Å². The summed E-state index contributed by atoms with van der Waals surface area (Å²) in [5.41, 5.74) is 1.50. The standard InChI is InChI=1S/C15H22/c1-3-5-6-8-11-14(4-2)15-12-9-7-10-13-15/h3,5,7,9-10,12-14H,4,6,8,11H2,1-2H3. The molecule has 0 aromatic heterocycles. The third-order valence-corrected chi connectivity index (χ3v) is 2.92. The van der Waals surface area contributed by atoms with Gasteiger partial charge in [0.2, 0.25) is 0 Å². The summed E-state index contributed by atoms with van der Waals surface area (Å²) in [7, 11) is 0. The van der Waals surface area contributed by atoms with Crippen molar-refractivity contribution in [2.45, 2.75) is 45.4 Å². The van der Waals surface area contributed by atoms with Gasteiger partial charge in [0, 0.05) is 0 Å². The second kappa shape index (κ2) is 7.28. The highest BCUT2D eigenvalue weighted by molar-refractivity contribution is 5.19. The third kappa shape index (κ3) is 4.33. The second-order valence-corrected chi connectivity index (χ2v) is 4.02. The zero-order valence-electron chi connectivity index (χ0n) is 9.95. The first kappa shape index (κ1) is 12.0. The molecule has 1 aromatic carbocycles. The van der Waals surface area contributed by atoms with E-state index >= 15 is 0 Å². The summed E-state index contributed by atoms with van der Waals surface area (Å²) in [6.45, 7) is 4.38. The molecule has 0 amide bonds. The topological polar surface area (TPSA) is 0 Å². The monoisotopic (exact) mass is 202 g/mol. The van der Waals surface area contributed by atoms with Crippen LogP contribution in [0.5, 0.6) is 0 Å². The van der Waals surface area contributed by atoms with Crippen LogP contribution in [0.25, 0.3) is 0 Å². The van der Waals surface area contributed by atoms with Crippen molar-refractivity contribution in [3.8, 4) is 0 Å². The molecule has 0 radical (unpaired) electrons. The Hall–Kier alpha value is -1.04. The van der Waals surface area contributed by atoms with Gasteiger partial charge in [-0.2, -0.15) is 0 Å². The largest absolute Gasteiger partial charge is 0.0917 e. The lowest BCUT2D eigenvalue weighted by Gasteiger charge is -2.14. The molecular weight excluding hydrogens is 180 g/mol. The number of unbranched alkanes of at least 4 members (excludes halogenated alkanes) is 1. The Morgan fingerprint density at radius 1 is 1.20 bits per heavy atom. The molecule has 82 valence electrons. The van der Waals surface area contributed by atoms with Gasteiger partial charge in [-0.25, -0.2) is 0 Å². The maximum Gasteiger partial charge on any atom is -0.0164 e. The summed E-state index contributed by atoms with van der Waals surface area (Å²) in [6, 6.07) is 10.9. The molecule has 0 heteroatoms. The van der Waals surface area contributed by atoms with E-state index in [1.165, 1.54) is 31.2 Å². The molecule has 0 aliphatic heterocycles. The van der Waals surface area contributed by atoms with Crippen LogP contribution in [0.2, 0.25) is 0 Å². The molecule has 0 spiro atoms. The fourth-order valence-corrected chi connectivity index (χ4v) is 1.98. The van der Waals surface area contributed by atoms with Gasteiger partial charge in [0.25, 0.3) is 0 Å². The smallest absolute Gasteiger partial charge is 0.0164 e. The maximum absolute atomic E-state index is 2.29. The Balaban J connectivity index is 2.43. The van der Waals surface area contributed by atoms with E-state index in [1.807, 2.05) is 0 Å². The molecule has 0 heterocycles. The fraction of sp³-hybridized carbons (Fsp3) is 0.467.